The van der Waals surface area contributed by atoms with Crippen molar-refractivity contribution in [2.45, 2.75) is 19.8 Å². The van der Waals surface area contributed by atoms with Crippen LogP contribution >= 0.6 is 0 Å². The smallest absolute Gasteiger partial charge is 0.0418 e. The van der Waals surface area contributed by atoms with Crippen LogP contribution in [-0.2, 0) is 0 Å². The highest BCUT2D eigenvalue weighted by Gasteiger charge is 2.16. The van der Waals surface area contributed by atoms with Crippen LogP contribution in [0.3, 0.4) is 0 Å². The average molecular weight is 230 g/mol. The number of likely N-dealkylation sites (tertiary alicyclic amines) is 1. The molecule has 1 fully saturated rings. The third-order valence-electron chi connectivity index (χ3n) is 3.56. The van der Waals surface area contributed by atoms with Crippen molar-refractivity contribution in [3.63, 3.8) is 0 Å². The minimum Gasteiger partial charge on any atom is -0.304 e. The van der Waals surface area contributed by atoms with Gasteiger partial charge in [0.1, 0.15) is 0 Å². The fraction of sp³-hybridized carbons (Fsp3) is 0.533. The summed E-state index contributed by atoms with van der Waals surface area (Å²) >= 11 is 0. The molecular weight excluding hydrogens is 208 g/mol. The van der Waals surface area contributed by atoms with Crippen molar-refractivity contribution >= 4 is 6.21 Å². The number of rotatable bonds is 4. The van der Waals surface area contributed by atoms with Crippen LogP contribution in [0.15, 0.2) is 35.3 Å². The first-order valence-electron chi connectivity index (χ1n) is 6.65. The van der Waals surface area contributed by atoms with Gasteiger partial charge in [0, 0.05) is 12.8 Å². The molecule has 0 atom stereocenters. The van der Waals surface area contributed by atoms with Gasteiger partial charge < -0.3 is 4.90 Å². The maximum absolute atomic E-state index is 4.57. The van der Waals surface area contributed by atoms with Gasteiger partial charge in [0.05, 0.1) is 0 Å². The zero-order valence-electron chi connectivity index (χ0n) is 10.7. The van der Waals surface area contributed by atoms with Gasteiger partial charge in [0.15, 0.2) is 0 Å². The van der Waals surface area contributed by atoms with Gasteiger partial charge in [-0.3, -0.25) is 4.99 Å². The summed E-state index contributed by atoms with van der Waals surface area (Å²) in [7, 11) is 0. The van der Waals surface area contributed by atoms with E-state index in [-0.39, 0.29) is 0 Å². The molecule has 2 nitrogen and oxygen atoms in total. The van der Waals surface area contributed by atoms with E-state index < -0.39 is 0 Å². The van der Waals surface area contributed by atoms with Gasteiger partial charge in [0.2, 0.25) is 0 Å². The molecule has 0 radical (unpaired) electrons. The molecule has 1 aromatic carbocycles. The van der Waals surface area contributed by atoms with Gasteiger partial charge >= 0.3 is 0 Å². The van der Waals surface area contributed by atoms with E-state index >= 15 is 0 Å². The van der Waals surface area contributed by atoms with Crippen LogP contribution < -0.4 is 0 Å². The molecule has 1 aliphatic heterocycles. The van der Waals surface area contributed by atoms with Crippen molar-refractivity contribution in [2.24, 2.45) is 10.9 Å². The summed E-state index contributed by atoms with van der Waals surface area (Å²) in [6, 6.07) is 10.4. The lowest BCUT2D eigenvalue weighted by Gasteiger charge is -2.30. The Labute approximate surface area is 104 Å². The van der Waals surface area contributed by atoms with Crippen LogP contribution in [0.5, 0.6) is 0 Å². The quantitative estimate of drug-likeness (QED) is 0.726. The Morgan fingerprint density at radius 2 is 1.94 bits per heavy atom. The Balaban J connectivity index is 1.74. The summed E-state index contributed by atoms with van der Waals surface area (Å²) in [5, 5.41) is 0. The minimum absolute atomic E-state index is 0.790. The molecule has 0 aliphatic carbocycles. The fourth-order valence-electron chi connectivity index (χ4n) is 2.33. The normalized spacial score (nSPS) is 18.9. The van der Waals surface area contributed by atoms with E-state index in [1.54, 1.807) is 0 Å². The molecule has 17 heavy (non-hydrogen) atoms. The van der Waals surface area contributed by atoms with Crippen molar-refractivity contribution < 1.29 is 0 Å². The molecule has 0 spiro atoms. The van der Waals surface area contributed by atoms with Gasteiger partial charge in [-0.1, -0.05) is 37.3 Å². The SMILES string of the molecule is CCN1CCC(CN=Cc2ccccc2)CC1. The predicted octanol–water partition coefficient (Wildman–Crippen LogP) is 2.84. The monoisotopic (exact) mass is 230 g/mol. The Morgan fingerprint density at radius 1 is 1.24 bits per heavy atom. The second-order valence-corrected chi connectivity index (χ2v) is 4.78. The maximum atomic E-state index is 4.57. The zero-order valence-corrected chi connectivity index (χ0v) is 10.7. The highest BCUT2D eigenvalue weighted by atomic mass is 15.1. The van der Waals surface area contributed by atoms with E-state index in [9.17, 15) is 0 Å². The lowest BCUT2D eigenvalue weighted by Crippen LogP contribution is -2.34. The molecule has 1 heterocycles. The summed E-state index contributed by atoms with van der Waals surface area (Å²) in [5.74, 6) is 0.790. The number of hydrogen-bond donors (Lipinski definition) is 0. The molecule has 1 aliphatic rings. The molecule has 1 aromatic rings. The molecule has 0 amide bonds. The van der Waals surface area contributed by atoms with Crippen LogP contribution in [-0.4, -0.2) is 37.3 Å². The largest absolute Gasteiger partial charge is 0.304 e. The molecule has 92 valence electrons. The van der Waals surface area contributed by atoms with E-state index in [0.717, 1.165) is 12.5 Å². The van der Waals surface area contributed by atoms with Crippen molar-refractivity contribution in [1.29, 1.82) is 0 Å². The molecule has 2 rings (SSSR count). The number of aliphatic imine (C=N–C) groups is 1. The molecule has 0 aromatic heterocycles. The van der Waals surface area contributed by atoms with Crippen LogP contribution in [0.25, 0.3) is 0 Å². The van der Waals surface area contributed by atoms with Crippen molar-refractivity contribution in [2.75, 3.05) is 26.2 Å². The summed E-state index contributed by atoms with van der Waals surface area (Å²) in [6.45, 7) is 6.93. The summed E-state index contributed by atoms with van der Waals surface area (Å²) in [4.78, 5) is 7.10. The molecule has 1 saturated heterocycles. The lowest BCUT2D eigenvalue weighted by molar-refractivity contribution is 0.196. The molecule has 0 N–H and O–H groups in total. The molecule has 2 heteroatoms. The van der Waals surface area contributed by atoms with Gasteiger partial charge in [-0.2, -0.15) is 0 Å². The first-order chi connectivity index (χ1) is 8.38. The molecular formula is C15H22N2. The Bertz CT molecular complexity index is 337. The number of benzene rings is 1. The molecule has 0 bridgehead atoms. The minimum atomic E-state index is 0.790. The summed E-state index contributed by atoms with van der Waals surface area (Å²) < 4.78 is 0. The van der Waals surface area contributed by atoms with Crippen molar-refractivity contribution in [1.82, 2.24) is 4.90 Å². The average Bonchev–Trinajstić information content (AvgIpc) is 2.41. The van der Waals surface area contributed by atoms with E-state index in [1.165, 1.54) is 38.0 Å². The Morgan fingerprint density at radius 3 is 2.59 bits per heavy atom. The predicted molar refractivity (Wildman–Crippen MR) is 73.7 cm³/mol. The number of piperidine rings is 1. The van der Waals surface area contributed by atoms with E-state index in [2.05, 4.69) is 41.1 Å². The molecule has 0 unspecified atom stereocenters. The van der Waals surface area contributed by atoms with E-state index in [4.69, 9.17) is 0 Å². The van der Waals surface area contributed by atoms with Gasteiger partial charge in [-0.15, -0.1) is 0 Å². The van der Waals surface area contributed by atoms with Crippen LogP contribution in [0.4, 0.5) is 0 Å². The fourth-order valence-corrected chi connectivity index (χ4v) is 2.33. The van der Waals surface area contributed by atoms with Crippen LogP contribution in [0.2, 0.25) is 0 Å². The standard InChI is InChI=1S/C15H22N2/c1-2-17-10-8-15(9-11-17)13-16-12-14-6-4-3-5-7-14/h3-7,12,15H,2,8-11,13H2,1H3. The highest BCUT2D eigenvalue weighted by molar-refractivity contribution is 5.79. The van der Waals surface area contributed by atoms with Gasteiger partial charge in [-0.05, 0) is 44.0 Å². The van der Waals surface area contributed by atoms with E-state index in [0.29, 0.717) is 0 Å². The van der Waals surface area contributed by atoms with Crippen molar-refractivity contribution in [3.8, 4) is 0 Å². The second-order valence-electron chi connectivity index (χ2n) is 4.78. The maximum Gasteiger partial charge on any atom is 0.0418 e. The van der Waals surface area contributed by atoms with Crippen LogP contribution in [0.1, 0.15) is 25.3 Å². The van der Waals surface area contributed by atoms with E-state index in [1.807, 2.05) is 12.3 Å². The van der Waals surface area contributed by atoms with Gasteiger partial charge in [-0.25, -0.2) is 0 Å². The third-order valence-corrected chi connectivity index (χ3v) is 3.56. The zero-order chi connectivity index (χ0) is 11.9. The van der Waals surface area contributed by atoms with Gasteiger partial charge in [0.25, 0.3) is 0 Å². The summed E-state index contributed by atoms with van der Waals surface area (Å²) in [5.41, 5.74) is 1.21. The Kier molecular flexibility index (Phi) is 4.75. The van der Waals surface area contributed by atoms with Crippen LogP contribution in [0, 0.1) is 5.92 Å². The number of hydrogen-bond acceptors (Lipinski definition) is 2. The first kappa shape index (κ1) is 12.3. The topological polar surface area (TPSA) is 15.6 Å². The second kappa shape index (κ2) is 6.55. The Hall–Kier alpha value is -1.15. The van der Waals surface area contributed by atoms with Crippen molar-refractivity contribution in [3.05, 3.63) is 35.9 Å². The molecule has 0 saturated carbocycles. The first-order valence-corrected chi connectivity index (χ1v) is 6.65. The lowest BCUT2D eigenvalue weighted by atomic mass is 9.97. The number of nitrogens with zero attached hydrogens (tertiary/aromatic N) is 2. The summed E-state index contributed by atoms with van der Waals surface area (Å²) in [6.07, 6.45) is 4.62. The third kappa shape index (κ3) is 3.97. The highest BCUT2D eigenvalue weighted by Crippen LogP contribution is 2.16.